The van der Waals surface area contributed by atoms with Gasteiger partial charge in [0.15, 0.2) is 0 Å². The molecule has 0 spiro atoms. The lowest BCUT2D eigenvalue weighted by Gasteiger charge is -2.34. The Morgan fingerprint density at radius 3 is 1.56 bits per heavy atom. The van der Waals surface area contributed by atoms with Crippen LogP contribution in [0.5, 0.6) is 0 Å². The summed E-state index contributed by atoms with van der Waals surface area (Å²) in [7, 11) is 0. The third-order valence-corrected chi connectivity index (χ3v) is 17.8. The van der Waals surface area contributed by atoms with Crippen LogP contribution in [-0.4, -0.2) is 80.7 Å². The highest BCUT2D eigenvalue weighted by Gasteiger charge is 2.40. The van der Waals surface area contributed by atoms with Crippen molar-refractivity contribution in [3.8, 4) is 45.0 Å². The van der Waals surface area contributed by atoms with Gasteiger partial charge in [-0.3, -0.25) is 38.9 Å². The van der Waals surface area contributed by atoms with E-state index in [4.69, 9.17) is 9.72 Å². The van der Waals surface area contributed by atoms with Crippen LogP contribution in [0.4, 0.5) is 5.69 Å². The van der Waals surface area contributed by atoms with Crippen molar-refractivity contribution in [2.24, 2.45) is 0 Å². The molecule has 1 atom stereocenters. The number of carbonyl (C=O) groups is 4. The van der Waals surface area contributed by atoms with Crippen LogP contribution in [0.15, 0.2) is 152 Å². The highest BCUT2D eigenvalue weighted by Crippen LogP contribution is 2.53. The van der Waals surface area contributed by atoms with Crippen LogP contribution in [-0.2, 0) is 11.3 Å². The fourth-order valence-electron chi connectivity index (χ4n) is 13.6. The zero-order chi connectivity index (χ0) is 57.3. The molecule has 10 aromatic rings. The Hall–Kier alpha value is -8.67. The third kappa shape index (κ3) is 10.1. The van der Waals surface area contributed by atoms with E-state index >= 15 is 9.59 Å². The summed E-state index contributed by atoms with van der Waals surface area (Å²) in [5, 5.41) is 6.45. The molecule has 4 amide bonds. The summed E-state index contributed by atoms with van der Waals surface area (Å²) in [5.74, 6) is -1.13. The first-order chi connectivity index (χ1) is 41.3. The van der Waals surface area contributed by atoms with Crippen molar-refractivity contribution >= 4 is 72.4 Å². The van der Waals surface area contributed by atoms with Gasteiger partial charge in [0.05, 0.1) is 47.6 Å². The number of ether oxygens (including phenoxy) is 1. The number of benzene rings is 7. The van der Waals surface area contributed by atoms with Crippen molar-refractivity contribution in [3.05, 3.63) is 180 Å². The van der Waals surface area contributed by atoms with Crippen LogP contribution in [0.2, 0.25) is 0 Å². The molecule has 7 aromatic carbocycles. The molecule has 6 heterocycles. The molecule has 422 valence electrons. The minimum atomic E-state index is -0.295. The average Bonchev–Trinajstić information content (AvgIpc) is 0.835. The second-order valence-electron chi connectivity index (χ2n) is 23.2. The molecular formula is C73H70N6O5. The SMILES string of the molecule is CCCCCCCCN1C(=O)c2ccc3c4c(N5CCCC5COCc5ccccc5)cc5c6c(ccc(c7c(-c8ccc(-c9cc(-c%10ccccn%10)nc(-c%10ccccn%10)c9)cc8)cc(c2c37)C1=O)c64)C(=O)N(CCCCCCCC)C5=O. The summed E-state index contributed by atoms with van der Waals surface area (Å²) >= 11 is 0. The van der Waals surface area contributed by atoms with Crippen molar-refractivity contribution in [2.75, 3.05) is 31.1 Å². The Bertz CT molecular complexity index is 4050. The summed E-state index contributed by atoms with van der Waals surface area (Å²) in [6.45, 7) is 6.78. The highest BCUT2D eigenvalue weighted by atomic mass is 16.5. The molecule has 0 bridgehead atoms. The number of hydrogen-bond donors (Lipinski definition) is 0. The van der Waals surface area contributed by atoms with E-state index in [0.29, 0.717) is 59.3 Å². The molecule has 0 N–H and O–H groups in total. The van der Waals surface area contributed by atoms with Gasteiger partial charge < -0.3 is 9.64 Å². The van der Waals surface area contributed by atoms with Gasteiger partial charge in [0.25, 0.3) is 23.6 Å². The zero-order valence-corrected chi connectivity index (χ0v) is 48.2. The van der Waals surface area contributed by atoms with Crippen molar-refractivity contribution < 1.29 is 23.9 Å². The molecule has 84 heavy (non-hydrogen) atoms. The van der Waals surface area contributed by atoms with E-state index in [1.54, 1.807) is 12.4 Å². The topological polar surface area (TPSA) is 126 Å². The number of unbranched alkanes of at least 4 members (excludes halogenated alkanes) is 10. The second kappa shape index (κ2) is 23.9. The van der Waals surface area contributed by atoms with Crippen molar-refractivity contribution in [1.82, 2.24) is 24.8 Å². The normalized spacial score (nSPS) is 15.1. The Kier molecular flexibility index (Phi) is 15.5. The van der Waals surface area contributed by atoms with E-state index in [9.17, 15) is 9.59 Å². The van der Waals surface area contributed by atoms with Crippen LogP contribution in [0.1, 0.15) is 151 Å². The maximum Gasteiger partial charge on any atom is 0.261 e. The number of fused-ring (bicyclic) bond motifs is 2. The average molecular weight is 1110 g/mol. The quantitative estimate of drug-likeness (QED) is 0.0266. The van der Waals surface area contributed by atoms with E-state index < -0.39 is 0 Å². The number of amides is 4. The number of nitrogens with zero attached hydrogens (tertiary/aromatic N) is 6. The van der Waals surface area contributed by atoms with Crippen molar-refractivity contribution in [1.29, 1.82) is 0 Å². The monoisotopic (exact) mass is 1110 g/mol. The smallest absolute Gasteiger partial charge is 0.261 e. The van der Waals surface area contributed by atoms with Crippen molar-refractivity contribution in [3.63, 3.8) is 0 Å². The molecule has 1 fully saturated rings. The Labute approximate surface area is 491 Å². The molecule has 13 rings (SSSR count). The Morgan fingerprint density at radius 1 is 0.452 bits per heavy atom. The van der Waals surface area contributed by atoms with Crippen LogP contribution < -0.4 is 4.90 Å². The summed E-state index contributed by atoms with van der Waals surface area (Å²) in [5.41, 5.74) is 10.5. The minimum absolute atomic E-state index is 0.00426. The van der Waals surface area contributed by atoms with Crippen molar-refractivity contribution in [2.45, 2.75) is 116 Å². The van der Waals surface area contributed by atoms with Gasteiger partial charge in [0.1, 0.15) is 0 Å². The molecule has 11 nitrogen and oxygen atoms in total. The molecule has 0 saturated carbocycles. The molecule has 11 heteroatoms. The molecule has 3 aromatic heterocycles. The summed E-state index contributed by atoms with van der Waals surface area (Å²) in [4.78, 5) is 80.4. The predicted octanol–water partition coefficient (Wildman–Crippen LogP) is 16.7. The number of anilines is 1. The predicted molar refractivity (Wildman–Crippen MR) is 337 cm³/mol. The van der Waals surface area contributed by atoms with E-state index in [0.717, 1.165) is 179 Å². The first kappa shape index (κ1) is 54.6. The Balaban J connectivity index is 1.01. The van der Waals surface area contributed by atoms with Gasteiger partial charge in [-0.05, 0) is 136 Å². The fourth-order valence-corrected chi connectivity index (χ4v) is 13.6. The lowest BCUT2D eigenvalue weighted by Crippen LogP contribution is -2.41. The van der Waals surface area contributed by atoms with Gasteiger partial charge in [-0.25, -0.2) is 4.98 Å². The first-order valence-electron chi connectivity index (χ1n) is 30.7. The van der Waals surface area contributed by atoms with Gasteiger partial charge in [0.2, 0.25) is 0 Å². The van der Waals surface area contributed by atoms with Gasteiger partial charge in [0, 0.05) is 76.0 Å². The fraction of sp³-hybridized carbons (Fsp3) is 0.301. The zero-order valence-electron chi connectivity index (χ0n) is 48.2. The number of pyridine rings is 3. The van der Waals surface area contributed by atoms with E-state index in [1.807, 2.05) is 72.8 Å². The maximum atomic E-state index is 15.4. The number of carbonyl (C=O) groups excluding carboxylic acids is 4. The van der Waals surface area contributed by atoms with Crippen LogP contribution in [0.3, 0.4) is 0 Å². The lowest BCUT2D eigenvalue weighted by atomic mass is 9.79. The number of rotatable bonds is 23. The number of aromatic nitrogens is 3. The minimum Gasteiger partial charge on any atom is -0.375 e. The standard InChI is InChI=1S/C73H70N6O5/c1-3-5-7-9-11-20-38-78-70(80)54-35-33-53-67-63(77-40-22-25-51(77)46-84-45-47-23-14-13-15-24-47)44-58-66-55(71(81)79(73(58)83)39-21-12-10-8-6-4-2)34-32-52(69(66)67)64-56(43-57(72(78)82)65(54)68(53)64)49-30-28-48(29-31-49)50-41-61(59-26-16-18-36-74-59)76-62(42-50)60-27-17-19-37-75-60/h13-19,23-24,26-37,41-44,51H,3-12,20-22,25,38-40,45-46H2,1-2H3. The maximum absolute atomic E-state index is 15.4. The van der Waals surface area contributed by atoms with Gasteiger partial charge in [-0.2, -0.15) is 0 Å². The molecule has 0 radical (unpaired) electrons. The Morgan fingerprint density at radius 2 is 0.976 bits per heavy atom. The molecular weight excluding hydrogens is 1040 g/mol. The van der Waals surface area contributed by atoms with E-state index in [1.165, 1.54) is 16.2 Å². The summed E-state index contributed by atoms with van der Waals surface area (Å²) < 4.78 is 6.53. The van der Waals surface area contributed by atoms with Gasteiger partial charge >= 0.3 is 0 Å². The third-order valence-electron chi connectivity index (χ3n) is 17.8. The highest BCUT2D eigenvalue weighted by molar-refractivity contribution is 6.44. The lowest BCUT2D eigenvalue weighted by molar-refractivity contribution is 0.0592. The van der Waals surface area contributed by atoms with Gasteiger partial charge in [-0.1, -0.05) is 157 Å². The van der Waals surface area contributed by atoms with Crippen LogP contribution >= 0.6 is 0 Å². The summed E-state index contributed by atoms with van der Waals surface area (Å²) in [6, 6.07) is 46.4. The van der Waals surface area contributed by atoms with E-state index in [2.05, 4.69) is 95.4 Å². The largest absolute Gasteiger partial charge is 0.375 e. The molecule has 3 aliphatic heterocycles. The van der Waals surface area contributed by atoms with Crippen LogP contribution in [0.25, 0.3) is 88.1 Å². The molecule has 1 saturated heterocycles. The number of imide groups is 2. The van der Waals surface area contributed by atoms with E-state index in [-0.39, 0.29) is 29.7 Å². The molecule has 1 unspecified atom stereocenters. The first-order valence-corrected chi connectivity index (χ1v) is 30.7. The molecule has 3 aliphatic rings. The summed E-state index contributed by atoms with van der Waals surface area (Å²) in [6.07, 6.45) is 17.7. The molecule has 0 aliphatic carbocycles. The number of hydrogen-bond acceptors (Lipinski definition) is 9. The van der Waals surface area contributed by atoms with Gasteiger partial charge in [-0.15, -0.1) is 0 Å². The van der Waals surface area contributed by atoms with Crippen LogP contribution in [0, 0.1) is 0 Å². The second-order valence-corrected chi connectivity index (χ2v) is 23.2.